The summed E-state index contributed by atoms with van der Waals surface area (Å²) >= 11 is 0. The molecule has 1 aromatic heterocycles. The molecule has 0 radical (unpaired) electrons. The Bertz CT molecular complexity index is 806. The van der Waals surface area contributed by atoms with Crippen LogP contribution in [0, 0.1) is 0 Å². The lowest BCUT2D eigenvalue weighted by molar-refractivity contribution is -0.116. The average Bonchev–Trinajstić information content (AvgIpc) is 2.66. The van der Waals surface area contributed by atoms with Crippen molar-refractivity contribution in [1.82, 2.24) is 10.2 Å². The number of morpholine rings is 1. The maximum atomic E-state index is 12.3. The van der Waals surface area contributed by atoms with E-state index in [1.54, 1.807) is 18.2 Å². The predicted octanol–water partition coefficient (Wildman–Crippen LogP) is 1.64. The Morgan fingerprint density at radius 3 is 2.88 bits per heavy atom. The first-order valence-electron chi connectivity index (χ1n) is 8.50. The Kier molecular flexibility index (Phi) is 5.98. The molecular weight excluding hydrogens is 320 g/mol. The normalized spacial score (nSPS) is 15.7. The van der Waals surface area contributed by atoms with Crippen LogP contribution in [0.5, 0.6) is 0 Å². The minimum absolute atomic E-state index is 0.141. The van der Waals surface area contributed by atoms with Crippen LogP contribution < -0.4 is 10.7 Å². The zero-order chi connectivity index (χ0) is 17.5. The van der Waals surface area contributed by atoms with E-state index in [2.05, 4.69) is 10.2 Å². The standard InChI is InChI=1S/C19H22N2O4/c22-18(20-8-3-9-21-10-12-24-13-11-21)7-6-15-14-25-17-5-2-1-4-16(17)19(15)23/h1-2,4-7,14H,3,8-13H2,(H,20,22)/b7-6+. The molecule has 0 unspecified atom stereocenters. The summed E-state index contributed by atoms with van der Waals surface area (Å²) in [7, 11) is 0. The van der Waals surface area contributed by atoms with Crippen molar-refractivity contribution in [2.24, 2.45) is 0 Å². The molecule has 6 nitrogen and oxygen atoms in total. The fourth-order valence-corrected chi connectivity index (χ4v) is 2.77. The topological polar surface area (TPSA) is 71.8 Å². The minimum Gasteiger partial charge on any atom is -0.463 e. The summed E-state index contributed by atoms with van der Waals surface area (Å²) < 4.78 is 10.7. The van der Waals surface area contributed by atoms with Gasteiger partial charge in [-0.05, 0) is 31.2 Å². The molecule has 2 aromatic rings. The number of amides is 1. The Morgan fingerprint density at radius 2 is 2.04 bits per heavy atom. The van der Waals surface area contributed by atoms with Gasteiger partial charge in [0.2, 0.25) is 5.91 Å². The van der Waals surface area contributed by atoms with Crippen LogP contribution in [0.2, 0.25) is 0 Å². The summed E-state index contributed by atoms with van der Waals surface area (Å²) in [6.07, 6.45) is 5.13. The zero-order valence-corrected chi connectivity index (χ0v) is 14.1. The first kappa shape index (κ1) is 17.4. The maximum absolute atomic E-state index is 12.3. The lowest BCUT2D eigenvalue weighted by Crippen LogP contribution is -2.38. The molecule has 0 spiro atoms. The number of hydrogen-bond donors (Lipinski definition) is 1. The van der Waals surface area contributed by atoms with Crippen molar-refractivity contribution in [1.29, 1.82) is 0 Å². The molecule has 3 rings (SSSR count). The third-order valence-electron chi connectivity index (χ3n) is 4.18. The molecule has 0 saturated carbocycles. The molecule has 2 heterocycles. The first-order chi connectivity index (χ1) is 12.2. The minimum atomic E-state index is -0.213. The molecule has 0 atom stereocenters. The SMILES string of the molecule is O=C(/C=C/c1coc2ccccc2c1=O)NCCCN1CCOCC1. The molecule has 1 aliphatic rings. The number of nitrogens with one attached hydrogen (secondary N) is 1. The molecule has 6 heteroatoms. The highest BCUT2D eigenvalue weighted by molar-refractivity contribution is 5.92. The Morgan fingerprint density at radius 1 is 1.24 bits per heavy atom. The maximum Gasteiger partial charge on any atom is 0.244 e. The number of hydrogen-bond acceptors (Lipinski definition) is 5. The Balaban J connectivity index is 1.49. The van der Waals surface area contributed by atoms with Crippen molar-refractivity contribution in [2.45, 2.75) is 6.42 Å². The van der Waals surface area contributed by atoms with Gasteiger partial charge in [-0.2, -0.15) is 0 Å². The first-order valence-corrected chi connectivity index (χ1v) is 8.50. The van der Waals surface area contributed by atoms with Crippen LogP contribution in [0.3, 0.4) is 0 Å². The summed E-state index contributed by atoms with van der Waals surface area (Å²) in [4.78, 5) is 26.5. The van der Waals surface area contributed by atoms with Crippen LogP contribution >= 0.6 is 0 Å². The van der Waals surface area contributed by atoms with Crippen LogP contribution in [-0.2, 0) is 9.53 Å². The lowest BCUT2D eigenvalue weighted by Gasteiger charge is -2.26. The molecule has 1 N–H and O–H groups in total. The number of carbonyl (C=O) groups excluding carboxylic acids is 1. The van der Waals surface area contributed by atoms with Crippen LogP contribution in [0.1, 0.15) is 12.0 Å². The number of rotatable bonds is 6. The highest BCUT2D eigenvalue weighted by atomic mass is 16.5. The fourth-order valence-electron chi connectivity index (χ4n) is 2.77. The molecule has 1 saturated heterocycles. The molecule has 1 aliphatic heterocycles. The predicted molar refractivity (Wildman–Crippen MR) is 96.4 cm³/mol. The number of carbonyl (C=O) groups is 1. The summed E-state index contributed by atoms with van der Waals surface area (Å²) in [5.41, 5.74) is 0.762. The van der Waals surface area contributed by atoms with Gasteiger partial charge in [0.25, 0.3) is 0 Å². The molecule has 132 valence electrons. The highest BCUT2D eigenvalue weighted by Crippen LogP contribution is 2.11. The summed E-state index contributed by atoms with van der Waals surface area (Å²) in [5.74, 6) is -0.213. The smallest absolute Gasteiger partial charge is 0.244 e. The second-order valence-electron chi connectivity index (χ2n) is 5.95. The van der Waals surface area contributed by atoms with Gasteiger partial charge in [-0.3, -0.25) is 14.5 Å². The molecular formula is C19H22N2O4. The quantitative estimate of drug-likeness (QED) is 0.638. The summed E-state index contributed by atoms with van der Waals surface area (Å²) in [5, 5.41) is 3.34. The van der Waals surface area contributed by atoms with E-state index in [4.69, 9.17) is 9.15 Å². The van der Waals surface area contributed by atoms with E-state index in [0.717, 1.165) is 39.3 Å². The summed E-state index contributed by atoms with van der Waals surface area (Å²) in [6.45, 7) is 5.01. The Hall–Kier alpha value is -2.44. The van der Waals surface area contributed by atoms with Crippen molar-refractivity contribution in [3.05, 3.63) is 52.4 Å². The van der Waals surface area contributed by atoms with Gasteiger partial charge in [0, 0.05) is 25.7 Å². The van der Waals surface area contributed by atoms with Crippen molar-refractivity contribution >= 4 is 23.0 Å². The van der Waals surface area contributed by atoms with E-state index < -0.39 is 0 Å². The van der Waals surface area contributed by atoms with Crippen LogP contribution in [0.4, 0.5) is 0 Å². The van der Waals surface area contributed by atoms with Gasteiger partial charge in [0.05, 0.1) is 24.2 Å². The second-order valence-corrected chi connectivity index (χ2v) is 5.95. The van der Waals surface area contributed by atoms with Gasteiger partial charge >= 0.3 is 0 Å². The van der Waals surface area contributed by atoms with Crippen molar-refractivity contribution in [3.8, 4) is 0 Å². The van der Waals surface area contributed by atoms with E-state index >= 15 is 0 Å². The second kappa shape index (κ2) is 8.60. The van der Waals surface area contributed by atoms with Crippen LogP contribution in [-0.4, -0.2) is 50.2 Å². The molecule has 1 fully saturated rings. The number of nitrogens with zero attached hydrogens (tertiary/aromatic N) is 1. The van der Waals surface area contributed by atoms with Gasteiger partial charge in [0.15, 0.2) is 5.43 Å². The van der Waals surface area contributed by atoms with Gasteiger partial charge in [-0.1, -0.05) is 12.1 Å². The number of fused-ring (bicyclic) bond motifs is 1. The lowest BCUT2D eigenvalue weighted by atomic mass is 10.1. The number of benzene rings is 1. The van der Waals surface area contributed by atoms with Gasteiger partial charge < -0.3 is 14.5 Å². The molecule has 25 heavy (non-hydrogen) atoms. The van der Waals surface area contributed by atoms with E-state index in [9.17, 15) is 9.59 Å². The molecule has 0 bridgehead atoms. The van der Waals surface area contributed by atoms with Gasteiger partial charge in [0.1, 0.15) is 11.8 Å². The Labute approximate surface area is 146 Å². The molecule has 1 aromatic carbocycles. The van der Waals surface area contributed by atoms with Gasteiger partial charge in [-0.15, -0.1) is 0 Å². The van der Waals surface area contributed by atoms with Crippen LogP contribution in [0.25, 0.3) is 17.0 Å². The van der Waals surface area contributed by atoms with Crippen molar-refractivity contribution in [2.75, 3.05) is 39.4 Å². The summed E-state index contributed by atoms with van der Waals surface area (Å²) in [6, 6.07) is 7.05. The third-order valence-corrected chi connectivity index (χ3v) is 4.18. The van der Waals surface area contributed by atoms with Crippen LogP contribution in [0.15, 0.2) is 45.8 Å². The molecule has 1 amide bonds. The van der Waals surface area contributed by atoms with E-state index in [1.807, 2.05) is 6.07 Å². The van der Waals surface area contributed by atoms with E-state index in [-0.39, 0.29) is 11.3 Å². The van der Waals surface area contributed by atoms with E-state index in [0.29, 0.717) is 23.1 Å². The van der Waals surface area contributed by atoms with E-state index in [1.165, 1.54) is 18.4 Å². The third kappa shape index (κ3) is 4.78. The monoisotopic (exact) mass is 342 g/mol. The van der Waals surface area contributed by atoms with Crippen molar-refractivity contribution < 1.29 is 13.9 Å². The van der Waals surface area contributed by atoms with Gasteiger partial charge in [-0.25, -0.2) is 0 Å². The average molecular weight is 342 g/mol. The van der Waals surface area contributed by atoms with Crippen molar-refractivity contribution in [3.63, 3.8) is 0 Å². The zero-order valence-electron chi connectivity index (χ0n) is 14.1. The molecule has 0 aliphatic carbocycles. The largest absolute Gasteiger partial charge is 0.463 e. The number of ether oxygens (including phenoxy) is 1. The number of para-hydroxylation sites is 1. The fraction of sp³-hybridized carbons (Fsp3) is 0.368. The highest BCUT2D eigenvalue weighted by Gasteiger charge is 2.09.